The molecular formula is C19H35N3O4. The van der Waals surface area contributed by atoms with Gasteiger partial charge in [-0.15, -0.1) is 0 Å². The van der Waals surface area contributed by atoms with Gasteiger partial charge in [-0.3, -0.25) is 19.3 Å². The highest BCUT2D eigenvalue weighted by Gasteiger charge is 2.24. The average molecular weight is 370 g/mol. The van der Waals surface area contributed by atoms with Gasteiger partial charge in [-0.2, -0.15) is 0 Å². The third-order valence-corrected chi connectivity index (χ3v) is 4.95. The van der Waals surface area contributed by atoms with Crippen molar-refractivity contribution < 1.29 is 19.5 Å². The largest absolute Gasteiger partial charge is 0.480 e. The van der Waals surface area contributed by atoms with Gasteiger partial charge in [0.25, 0.3) is 0 Å². The van der Waals surface area contributed by atoms with E-state index in [-0.39, 0.29) is 37.2 Å². The number of carbonyl (C=O) groups is 3. The van der Waals surface area contributed by atoms with Gasteiger partial charge < -0.3 is 14.9 Å². The summed E-state index contributed by atoms with van der Waals surface area (Å²) < 4.78 is 0. The van der Waals surface area contributed by atoms with Crippen LogP contribution < -0.4 is 0 Å². The number of carbonyl (C=O) groups excluding carboxylic acids is 2. The van der Waals surface area contributed by atoms with Crippen LogP contribution in [0.15, 0.2) is 0 Å². The lowest BCUT2D eigenvalue weighted by molar-refractivity contribution is -0.138. The fraction of sp³-hybridized carbons (Fsp3) is 0.842. The second kappa shape index (κ2) is 11.9. The van der Waals surface area contributed by atoms with Crippen molar-refractivity contribution in [2.75, 3.05) is 39.8 Å². The van der Waals surface area contributed by atoms with Crippen molar-refractivity contribution in [1.82, 2.24) is 14.7 Å². The fourth-order valence-electron chi connectivity index (χ4n) is 3.54. The molecule has 1 heterocycles. The number of hydrogen-bond acceptors (Lipinski definition) is 4. The summed E-state index contributed by atoms with van der Waals surface area (Å²) in [5.41, 5.74) is 0. The lowest BCUT2D eigenvalue weighted by atomic mass is 10.1. The van der Waals surface area contributed by atoms with Crippen LogP contribution in [-0.4, -0.2) is 83.4 Å². The number of rotatable bonds is 10. The van der Waals surface area contributed by atoms with Gasteiger partial charge >= 0.3 is 5.97 Å². The summed E-state index contributed by atoms with van der Waals surface area (Å²) >= 11 is 0. The molecule has 0 aromatic heterocycles. The van der Waals surface area contributed by atoms with Crippen LogP contribution in [0.25, 0.3) is 0 Å². The lowest BCUT2D eigenvalue weighted by Gasteiger charge is -2.26. The molecule has 2 amide bonds. The van der Waals surface area contributed by atoms with Gasteiger partial charge in [0.15, 0.2) is 0 Å². The number of carboxylic acid groups (broad SMARTS) is 1. The maximum atomic E-state index is 12.5. The van der Waals surface area contributed by atoms with Crippen LogP contribution in [0.4, 0.5) is 0 Å². The van der Waals surface area contributed by atoms with Crippen molar-refractivity contribution in [2.24, 2.45) is 0 Å². The number of amides is 2. The van der Waals surface area contributed by atoms with E-state index in [9.17, 15) is 14.4 Å². The highest BCUT2D eigenvalue weighted by molar-refractivity contribution is 5.83. The number of hydrogen-bond donors (Lipinski definition) is 1. The van der Waals surface area contributed by atoms with E-state index < -0.39 is 5.97 Å². The molecule has 0 aliphatic carbocycles. The van der Waals surface area contributed by atoms with E-state index in [1.54, 1.807) is 0 Å². The molecule has 0 radical (unpaired) electrons. The molecule has 1 atom stereocenters. The molecule has 1 unspecified atom stereocenters. The Kier molecular flexibility index (Phi) is 10.2. The molecule has 26 heavy (non-hydrogen) atoms. The summed E-state index contributed by atoms with van der Waals surface area (Å²) in [6, 6.07) is 0.190. The monoisotopic (exact) mass is 369 g/mol. The number of aliphatic carboxylic acids is 1. The first kappa shape index (κ1) is 22.4. The predicted octanol–water partition coefficient (Wildman–Crippen LogP) is 1.81. The lowest BCUT2D eigenvalue weighted by Crippen LogP contribution is -2.38. The average Bonchev–Trinajstić information content (AvgIpc) is 2.85. The zero-order valence-electron chi connectivity index (χ0n) is 16.6. The van der Waals surface area contributed by atoms with Crippen molar-refractivity contribution in [1.29, 1.82) is 0 Å². The Morgan fingerprint density at radius 3 is 2.27 bits per heavy atom. The summed E-state index contributed by atoms with van der Waals surface area (Å²) in [6.45, 7) is 6.96. The van der Waals surface area contributed by atoms with Crippen molar-refractivity contribution in [3.8, 4) is 0 Å². The molecule has 1 rings (SSSR count). The third kappa shape index (κ3) is 7.72. The molecule has 0 aromatic carbocycles. The van der Waals surface area contributed by atoms with Gasteiger partial charge in [0.2, 0.25) is 11.8 Å². The van der Waals surface area contributed by atoms with Gasteiger partial charge in [-0.1, -0.05) is 13.8 Å². The van der Waals surface area contributed by atoms with Crippen LogP contribution in [0.5, 0.6) is 0 Å². The Hall–Kier alpha value is -1.63. The Morgan fingerprint density at radius 1 is 1.04 bits per heavy atom. The number of nitrogens with zero attached hydrogens (tertiary/aromatic N) is 3. The van der Waals surface area contributed by atoms with Crippen molar-refractivity contribution >= 4 is 17.8 Å². The zero-order valence-corrected chi connectivity index (χ0v) is 16.6. The summed E-state index contributed by atoms with van der Waals surface area (Å²) in [4.78, 5) is 41.2. The van der Waals surface area contributed by atoms with Crippen LogP contribution in [0.3, 0.4) is 0 Å². The molecule has 7 nitrogen and oxygen atoms in total. The quantitative estimate of drug-likeness (QED) is 0.635. The van der Waals surface area contributed by atoms with E-state index in [0.717, 1.165) is 45.2 Å². The van der Waals surface area contributed by atoms with Gasteiger partial charge in [-0.05, 0) is 39.2 Å². The van der Waals surface area contributed by atoms with E-state index >= 15 is 0 Å². The van der Waals surface area contributed by atoms with Gasteiger partial charge in [0, 0.05) is 45.1 Å². The Morgan fingerprint density at radius 2 is 1.69 bits per heavy atom. The maximum absolute atomic E-state index is 12.5. The number of likely N-dealkylation sites (tertiary alicyclic amines) is 1. The van der Waals surface area contributed by atoms with Crippen LogP contribution >= 0.6 is 0 Å². The summed E-state index contributed by atoms with van der Waals surface area (Å²) in [6.07, 6.45) is 4.94. The Balaban J connectivity index is 2.45. The van der Waals surface area contributed by atoms with Crippen LogP contribution in [0.2, 0.25) is 0 Å². The second-order valence-electron chi connectivity index (χ2n) is 7.16. The van der Waals surface area contributed by atoms with Crippen LogP contribution in [0, 0.1) is 0 Å². The van der Waals surface area contributed by atoms with E-state index in [1.807, 2.05) is 21.7 Å². The highest BCUT2D eigenvalue weighted by atomic mass is 16.4. The fourth-order valence-corrected chi connectivity index (χ4v) is 3.54. The molecule has 7 heteroatoms. The predicted molar refractivity (Wildman–Crippen MR) is 101 cm³/mol. The van der Waals surface area contributed by atoms with Crippen LogP contribution in [-0.2, 0) is 14.4 Å². The minimum atomic E-state index is -0.827. The smallest absolute Gasteiger partial charge is 0.317 e. The molecule has 1 saturated heterocycles. The molecule has 1 aliphatic heterocycles. The standard InChI is InChI=1S/C19H35N3O4/c1-4-11-21(12-5-2)17(23)8-9-18(24)22-13-6-7-16(10-14-22)20(3)15-19(25)26/h16H,4-15H2,1-3H3,(H,25,26). The first-order valence-electron chi connectivity index (χ1n) is 9.86. The third-order valence-electron chi connectivity index (χ3n) is 4.95. The highest BCUT2D eigenvalue weighted by Crippen LogP contribution is 2.17. The Labute approximate surface area is 157 Å². The first-order chi connectivity index (χ1) is 12.4. The van der Waals surface area contributed by atoms with E-state index in [2.05, 4.69) is 13.8 Å². The molecule has 1 fully saturated rings. The summed E-state index contributed by atoms with van der Waals surface area (Å²) in [7, 11) is 1.82. The molecule has 0 spiro atoms. The first-order valence-corrected chi connectivity index (χ1v) is 9.86. The second-order valence-corrected chi connectivity index (χ2v) is 7.16. The van der Waals surface area contributed by atoms with Crippen molar-refractivity contribution in [3.05, 3.63) is 0 Å². The molecule has 0 saturated carbocycles. The van der Waals surface area contributed by atoms with E-state index in [1.165, 1.54) is 0 Å². The van der Waals surface area contributed by atoms with Gasteiger partial charge in [0.1, 0.15) is 0 Å². The van der Waals surface area contributed by atoms with E-state index in [4.69, 9.17) is 5.11 Å². The number of likely N-dealkylation sites (N-methyl/N-ethyl adjacent to an activating group) is 1. The van der Waals surface area contributed by atoms with Gasteiger partial charge in [-0.25, -0.2) is 0 Å². The Bertz CT molecular complexity index is 464. The summed E-state index contributed by atoms with van der Waals surface area (Å²) in [5.74, 6) is -0.726. The molecule has 0 bridgehead atoms. The number of carboxylic acids is 1. The van der Waals surface area contributed by atoms with Crippen molar-refractivity contribution in [3.63, 3.8) is 0 Å². The normalized spacial score (nSPS) is 17.8. The van der Waals surface area contributed by atoms with E-state index in [0.29, 0.717) is 13.1 Å². The molecule has 150 valence electrons. The topological polar surface area (TPSA) is 81.2 Å². The molecule has 1 aliphatic rings. The SMILES string of the molecule is CCCN(CCC)C(=O)CCC(=O)N1CCCC(N(C)CC(=O)O)CC1. The minimum Gasteiger partial charge on any atom is -0.480 e. The minimum absolute atomic E-state index is 0.0256. The molecular weight excluding hydrogens is 334 g/mol. The van der Waals surface area contributed by atoms with Gasteiger partial charge in [0.05, 0.1) is 6.54 Å². The maximum Gasteiger partial charge on any atom is 0.317 e. The molecule has 1 N–H and O–H groups in total. The molecule has 0 aromatic rings. The van der Waals surface area contributed by atoms with Crippen molar-refractivity contribution in [2.45, 2.75) is 64.8 Å². The van der Waals surface area contributed by atoms with Crippen LogP contribution in [0.1, 0.15) is 58.8 Å². The zero-order chi connectivity index (χ0) is 19.5. The summed E-state index contributed by atoms with van der Waals surface area (Å²) in [5, 5.41) is 8.93.